The zero-order valence-corrected chi connectivity index (χ0v) is 19.7. The Morgan fingerprint density at radius 2 is 1.87 bits per heavy atom. The van der Waals surface area contributed by atoms with Crippen LogP contribution < -0.4 is 4.90 Å². The van der Waals surface area contributed by atoms with Crippen molar-refractivity contribution >= 4 is 61.6 Å². The second kappa shape index (κ2) is 10.9. The maximum absolute atomic E-state index is 13.1. The number of likely N-dealkylation sites (N-methyl/N-ethyl adjacent to an activating group) is 1. The van der Waals surface area contributed by atoms with Gasteiger partial charge in [-0.3, -0.25) is 19.8 Å². The number of hydrogen-bond acceptors (Lipinski definition) is 7. The van der Waals surface area contributed by atoms with Gasteiger partial charge in [0.05, 0.1) is 20.9 Å². The van der Waals surface area contributed by atoms with Crippen molar-refractivity contribution in [3.8, 4) is 0 Å². The Balaban J connectivity index is 1.82. The number of fused-ring (bicyclic) bond motifs is 1. The normalized spacial score (nSPS) is 11.2. The molecule has 164 valence electrons. The molecule has 0 atom stereocenters. The van der Waals surface area contributed by atoms with E-state index < -0.39 is 4.92 Å². The first-order valence-corrected chi connectivity index (χ1v) is 12.0. The number of non-ortho nitro benzene ring substituents is 1. The van der Waals surface area contributed by atoms with Crippen molar-refractivity contribution in [3.05, 3.63) is 57.6 Å². The summed E-state index contributed by atoms with van der Waals surface area (Å²) in [5, 5.41) is 12.3. The van der Waals surface area contributed by atoms with Crippen LogP contribution in [0, 0.1) is 10.1 Å². The number of carbonyl (C=O) groups is 1. The molecule has 3 aromatic rings. The molecule has 0 radical (unpaired) electrons. The SMILES string of the molecule is CCN(CC)CCN(C(=O)CSc1ccc(Cl)cc1)c1nc2ccc([N+](=O)[O-])cc2s1. The number of aromatic nitrogens is 1. The summed E-state index contributed by atoms with van der Waals surface area (Å²) in [4.78, 5) is 33.3. The molecule has 2 aromatic carbocycles. The molecule has 0 bridgehead atoms. The lowest BCUT2D eigenvalue weighted by Gasteiger charge is -2.24. The van der Waals surface area contributed by atoms with Crippen molar-refractivity contribution in [2.24, 2.45) is 0 Å². The van der Waals surface area contributed by atoms with Crippen molar-refractivity contribution in [1.82, 2.24) is 9.88 Å². The summed E-state index contributed by atoms with van der Waals surface area (Å²) in [5.74, 6) is 0.205. The number of thiazole rings is 1. The summed E-state index contributed by atoms with van der Waals surface area (Å²) in [5.41, 5.74) is 0.665. The first-order valence-electron chi connectivity index (χ1n) is 9.87. The molecule has 0 aliphatic heterocycles. The summed E-state index contributed by atoms with van der Waals surface area (Å²) in [6, 6.07) is 11.9. The molecule has 0 saturated carbocycles. The number of benzene rings is 2. The van der Waals surface area contributed by atoms with Gasteiger partial charge in [0.1, 0.15) is 0 Å². The molecule has 1 heterocycles. The van der Waals surface area contributed by atoms with E-state index in [0.717, 1.165) is 24.5 Å². The smallest absolute Gasteiger partial charge is 0.270 e. The van der Waals surface area contributed by atoms with E-state index in [-0.39, 0.29) is 17.3 Å². The number of halogens is 1. The van der Waals surface area contributed by atoms with Crippen LogP contribution in [0.25, 0.3) is 10.2 Å². The number of anilines is 1. The molecule has 1 aromatic heterocycles. The van der Waals surface area contributed by atoms with Crippen molar-refractivity contribution in [3.63, 3.8) is 0 Å². The molecule has 0 N–H and O–H groups in total. The third kappa shape index (κ3) is 6.16. The van der Waals surface area contributed by atoms with Crippen molar-refractivity contribution in [2.45, 2.75) is 18.7 Å². The molecule has 10 heteroatoms. The molecular formula is C21H23ClN4O3S2. The summed E-state index contributed by atoms with van der Waals surface area (Å²) in [6.45, 7) is 7.18. The number of carbonyl (C=O) groups excluding carboxylic acids is 1. The van der Waals surface area contributed by atoms with Gasteiger partial charge in [-0.05, 0) is 43.4 Å². The quantitative estimate of drug-likeness (QED) is 0.223. The zero-order chi connectivity index (χ0) is 22.4. The standard InChI is InChI=1S/C21H23ClN4O3S2/c1-3-24(4-2)11-12-25(20(27)14-30-17-8-5-15(22)6-9-17)21-23-18-10-7-16(26(28)29)13-19(18)31-21/h5-10,13H,3-4,11-12,14H2,1-2H3. The van der Waals surface area contributed by atoms with E-state index in [1.807, 2.05) is 12.1 Å². The number of nitro benzene ring substituents is 1. The number of thioether (sulfide) groups is 1. The highest BCUT2D eigenvalue weighted by Crippen LogP contribution is 2.32. The summed E-state index contributed by atoms with van der Waals surface area (Å²) >= 11 is 8.68. The fourth-order valence-corrected chi connectivity index (χ4v) is 4.93. The Bertz CT molecular complexity index is 1050. The Morgan fingerprint density at radius 1 is 1.16 bits per heavy atom. The fraction of sp³-hybridized carbons (Fsp3) is 0.333. The molecule has 0 aliphatic rings. The molecule has 0 unspecified atom stereocenters. The van der Waals surface area contributed by atoms with Gasteiger partial charge < -0.3 is 4.90 Å². The van der Waals surface area contributed by atoms with Gasteiger partial charge in [0.2, 0.25) is 5.91 Å². The van der Waals surface area contributed by atoms with Crippen LogP contribution in [0.3, 0.4) is 0 Å². The maximum atomic E-state index is 13.1. The lowest BCUT2D eigenvalue weighted by molar-refractivity contribution is -0.384. The number of hydrogen-bond donors (Lipinski definition) is 0. The number of rotatable bonds is 10. The van der Waals surface area contributed by atoms with E-state index in [1.165, 1.54) is 35.2 Å². The van der Waals surface area contributed by atoms with E-state index in [1.54, 1.807) is 23.1 Å². The first kappa shape index (κ1) is 23.5. The average Bonchev–Trinajstić information content (AvgIpc) is 3.19. The van der Waals surface area contributed by atoms with Gasteiger partial charge in [0.15, 0.2) is 5.13 Å². The van der Waals surface area contributed by atoms with Gasteiger partial charge in [0, 0.05) is 35.1 Å². The van der Waals surface area contributed by atoms with Crippen LogP contribution in [-0.4, -0.2) is 52.6 Å². The van der Waals surface area contributed by atoms with Crippen LogP contribution in [-0.2, 0) is 4.79 Å². The minimum Gasteiger partial charge on any atom is -0.302 e. The number of nitrogens with zero attached hydrogens (tertiary/aromatic N) is 4. The van der Waals surface area contributed by atoms with Gasteiger partial charge in [0.25, 0.3) is 5.69 Å². The van der Waals surface area contributed by atoms with Crippen molar-refractivity contribution in [1.29, 1.82) is 0 Å². The van der Waals surface area contributed by atoms with E-state index in [2.05, 4.69) is 23.7 Å². The highest BCUT2D eigenvalue weighted by Gasteiger charge is 2.21. The minimum absolute atomic E-state index is 0.0158. The van der Waals surface area contributed by atoms with Crippen LogP contribution in [0.5, 0.6) is 0 Å². The molecule has 0 saturated heterocycles. The van der Waals surface area contributed by atoms with E-state index in [0.29, 0.717) is 26.9 Å². The molecule has 31 heavy (non-hydrogen) atoms. The lowest BCUT2D eigenvalue weighted by Crippen LogP contribution is -2.39. The third-order valence-corrected chi connectivity index (χ3v) is 7.10. The Kier molecular flexibility index (Phi) is 8.25. The van der Waals surface area contributed by atoms with Gasteiger partial charge >= 0.3 is 0 Å². The monoisotopic (exact) mass is 478 g/mol. The third-order valence-electron chi connectivity index (χ3n) is 4.81. The Morgan fingerprint density at radius 3 is 2.52 bits per heavy atom. The van der Waals surface area contributed by atoms with Gasteiger partial charge in [-0.15, -0.1) is 11.8 Å². The summed E-state index contributed by atoms with van der Waals surface area (Å²) in [7, 11) is 0. The topological polar surface area (TPSA) is 79.6 Å². The molecular weight excluding hydrogens is 456 g/mol. The minimum atomic E-state index is -0.426. The molecule has 3 rings (SSSR count). The summed E-state index contributed by atoms with van der Waals surface area (Å²) < 4.78 is 0.690. The molecule has 0 fully saturated rings. The largest absolute Gasteiger partial charge is 0.302 e. The van der Waals surface area contributed by atoms with Gasteiger partial charge in [-0.1, -0.05) is 36.8 Å². The van der Waals surface area contributed by atoms with Crippen LogP contribution >= 0.6 is 34.7 Å². The molecule has 0 aliphatic carbocycles. The van der Waals surface area contributed by atoms with E-state index in [4.69, 9.17) is 11.6 Å². The second-order valence-corrected chi connectivity index (χ2v) is 9.21. The average molecular weight is 479 g/mol. The number of amides is 1. The number of nitro groups is 1. The Labute approximate surface area is 194 Å². The summed E-state index contributed by atoms with van der Waals surface area (Å²) in [6.07, 6.45) is 0. The van der Waals surface area contributed by atoms with Crippen LogP contribution in [0.1, 0.15) is 13.8 Å². The highest BCUT2D eigenvalue weighted by atomic mass is 35.5. The highest BCUT2D eigenvalue weighted by molar-refractivity contribution is 8.00. The van der Waals surface area contributed by atoms with Crippen molar-refractivity contribution in [2.75, 3.05) is 36.8 Å². The predicted molar refractivity (Wildman–Crippen MR) is 129 cm³/mol. The van der Waals surface area contributed by atoms with Gasteiger partial charge in [-0.25, -0.2) is 4.98 Å². The predicted octanol–water partition coefficient (Wildman–Crippen LogP) is 5.33. The first-order chi connectivity index (χ1) is 14.9. The van der Waals surface area contributed by atoms with Crippen LogP contribution in [0.15, 0.2) is 47.4 Å². The lowest BCUT2D eigenvalue weighted by atomic mass is 10.3. The molecule has 7 nitrogen and oxygen atoms in total. The fourth-order valence-electron chi connectivity index (χ4n) is 2.99. The van der Waals surface area contributed by atoms with E-state index in [9.17, 15) is 14.9 Å². The van der Waals surface area contributed by atoms with Crippen LogP contribution in [0.4, 0.5) is 10.8 Å². The van der Waals surface area contributed by atoms with E-state index >= 15 is 0 Å². The zero-order valence-electron chi connectivity index (χ0n) is 17.3. The Hall–Kier alpha value is -2.20. The van der Waals surface area contributed by atoms with Crippen LogP contribution in [0.2, 0.25) is 5.02 Å². The molecule has 1 amide bonds. The second-order valence-electron chi connectivity index (χ2n) is 6.72. The molecule has 0 spiro atoms. The van der Waals surface area contributed by atoms with Gasteiger partial charge in [-0.2, -0.15) is 0 Å². The van der Waals surface area contributed by atoms with Crippen molar-refractivity contribution < 1.29 is 9.72 Å². The maximum Gasteiger partial charge on any atom is 0.270 e.